The summed E-state index contributed by atoms with van der Waals surface area (Å²) < 4.78 is 0. The van der Waals surface area contributed by atoms with Gasteiger partial charge in [-0.25, -0.2) is 0 Å². The van der Waals surface area contributed by atoms with Crippen LogP contribution in [0.4, 0.5) is 0 Å². The fourth-order valence-electron chi connectivity index (χ4n) is 3.29. The summed E-state index contributed by atoms with van der Waals surface area (Å²) in [7, 11) is 0. The molecule has 0 amide bonds. The van der Waals surface area contributed by atoms with Crippen molar-refractivity contribution in [3.8, 4) is 0 Å². The maximum Gasteiger partial charge on any atom is 0.303 e. The van der Waals surface area contributed by atoms with Crippen LogP contribution in [0, 0.1) is 11.8 Å². The molecule has 1 aliphatic carbocycles. The largest absolute Gasteiger partial charge is 0.481 e. The van der Waals surface area contributed by atoms with Gasteiger partial charge >= 0.3 is 5.97 Å². The molecule has 1 saturated carbocycles. The third-order valence-corrected chi connectivity index (χ3v) is 4.81. The van der Waals surface area contributed by atoms with Crippen molar-refractivity contribution in [1.29, 1.82) is 0 Å². The lowest BCUT2D eigenvalue weighted by atomic mass is 9.89. The van der Waals surface area contributed by atoms with E-state index in [-0.39, 0.29) is 24.7 Å². The monoisotopic (exact) mass is 378 g/mol. The summed E-state index contributed by atoms with van der Waals surface area (Å²) in [5.74, 6) is -1.29. The summed E-state index contributed by atoms with van der Waals surface area (Å²) in [5, 5.41) is 38.9. The van der Waals surface area contributed by atoms with Gasteiger partial charge in [0.25, 0.3) is 0 Å². The first kappa shape index (κ1) is 23.3. The SMILES string of the molecule is CC/C=C\C/C=C\C/C=C\C[C@H]1[C@@H](/C=C/[C@@H](O)CCC(=O)O)[C@H](O)C[C@@H]1O. The van der Waals surface area contributed by atoms with E-state index in [4.69, 9.17) is 5.11 Å². The van der Waals surface area contributed by atoms with E-state index in [1.165, 1.54) is 6.08 Å². The van der Waals surface area contributed by atoms with Crippen LogP contribution in [0.5, 0.6) is 0 Å². The van der Waals surface area contributed by atoms with Crippen LogP contribution in [0.1, 0.15) is 51.9 Å². The van der Waals surface area contributed by atoms with Gasteiger partial charge in [-0.05, 0) is 38.0 Å². The van der Waals surface area contributed by atoms with Gasteiger partial charge < -0.3 is 20.4 Å². The van der Waals surface area contributed by atoms with Crippen LogP contribution < -0.4 is 0 Å². The molecule has 0 radical (unpaired) electrons. The van der Waals surface area contributed by atoms with Gasteiger partial charge in [-0.2, -0.15) is 0 Å². The van der Waals surface area contributed by atoms with Crippen molar-refractivity contribution in [2.45, 2.75) is 70.2 Å². The number of hydrogen-bond donors (Lipinski definition) is 4. The Morgan fingerprint density at radius 1 is 1.04 bits per heavy atom. The highest BCUT2D eigenvalue weighted by atomic mass is 16.4. The zero-order valence-electron chi connectivity index (χ0n) is 16.2. The quantitative estimate of drug-likeness (QED) is 0.390. The zero-order chi connectivity index (χ0) is 20.1. The van der Waals surface area contributed by atoms with Crippen molar-refractivity contribution in [2.24, 2.45) is 11.8 Å². The normalized spacial score (nSPS) is 27.6. The number of allylic oxidation sites excluding steroid dienone is 6. The number of hydrogen-bond acceptors (Lipinski definition) is 4. The molecule has 1 fully saturated rings. The van der Waals surface area contributed by atoms with Gasteiger partial charge in [0.1, 0.15) is 0 Å². The molecular weight excluding hydrogens is 344 g/mol. The summed E-state index contributed by atoms with van der Waals surface area (Å²) in [6.07, 6.45) is 17.6. The number of rotatable bonds is 12. The minimum Gasteiger partial charge on any atom is -0.481 e. The maximum atomic E-state index is 10.5. The van der Waals surface area contributed by atoms with E-state index in [1.807, 2.05) is 6.08 Å². The highest BCUT2D eigenvalue weighted by Gasteiger charge is 2.39. The van der Waals surface area contributed by atoms with Crippen LogP contribution in [0.2, 0.25) is 0 Å². The average molecular weight is 379 g/mol. The van der Waals surface area contributed by atoms with Crippen molar-refractivity contribution >= 4 is 5.97 Å². The Bertz CT molecular complexity index is 535. The molecule has 1 rings (SSSR count). The molecule has 1 aliphatic rings. The van der Waals surface area contributed by atoms with E-state index in [0.29, 0.717) is 12.8 Å². The Hall–Kier alpha value is -1.69. The standard InChI is InChI=1S/C22H34O5/c1-2-3-4-5-6-7-8-9-10-11-18-19(21(25)16-20(18)24)14-12-17(23)13-15-22(26)27/h3-4,6-7,9-10,12,14,17-21,23-25H,2,5,8,11,13,15-16H2,1H3,(H,26,27)/b4-3-,7-6-,10-9-,14-12+/t17-,18+,19-,20+,21-/m1/s1. The van der Waals surface area contributed by atoms with Gasteiger partial charge in [-0.15, -0.1) is 0 Å². The van der Waals surface area contributed by atoms with Crippen LogP contribution >= 0.6 is 0 Å². The molecule has 0 heterocycles. The predicted octanol–water partition coefficient (Wildman–Crippen LogP) is 3.38. The van der Waals surface area contributed by atoms with E-state index in [2.05, 4.69) is 37.3 Å². The summed E-state index contributed by atoms with van der Waals surface area (Å²) in [5.41, 5.74) is 0. The molecule has 0 bridgehead atoms. The van der Waals surface area contributed by atoms with Gasteiger partial charge in [0.05, 0.1) is 18.3 Å². The van der Waals surface area contributed by atoms with E-state index >= 15 is 0 Å². The van der Waals surface area contributed by atoms with E-state index in [1.54, 1.807) is 6.08 Å². The third kappa shape index (κ3) is 9.70. The van der Waals surface area contributed by atoms with Gasteiger partial charge in [0, 0.05) is 18.8 Å². The van der Waals surface area contributed by atoms with Gasteiger partial charge in [0.15, 0.2) is 0 Å². The highest BCUT2D eigenvalue weighted by molar-refractivity contribution is 5.66. The minimum absolute atomic E-state index is 0.101. The lowest BCUT2D eigenvalue weighted by Gasteiger charge is -2.19. The number of carboxylic acid groups (broad SMARTS) is 1. The number of aliphatic carboxylic acids is 1. The lowest BCUT2D eigenvalue weighted by molar-refractivity contribution is -0.137. The van der Waals surface area contributed by atoms with Crippen molar-refractivity contribution < 1.29 is 25.2 Å². The lowest BCUT2D eigenvalue weighted by Crippen LogP contribution is -2.20. The molecule has 0 aromatic heterocycles. The molecule has 5 heteroatoms. The number of carbonyl (C=O) groups is 1. The third-order valence-electron chi connectivity index (χ3n) is 4.81. The Labute approximate surface area is 162 Å². The topological polar surface area (TPSA) is 98.0 Å². The maximum absolute atomic E-state index is 10.5. The van der Waals surface area contributed by atoms with Gasteiger partial charge in [-0.1, -0.05) is 55.5 Å². The van der Waals surface area contributed by atoms with Crippen molar-refractivity contribution in [2.75, 3.05) is 0 Å². The van der Waals surface area contributed by atoms with Gasteiger partial charge in [0.2, 0.25) is 0 Å². The molecule has 0 aromatic rings. The fraction of sp³-hybridized carbons (Fsp3) is 0.591. The number of carboxylic acids is 1. The number of aliphatic hydroxyl groups is 3. The summed E-state index contributed by atoms with van der Waals surface area (Å²) in [6.45, 7) is 2.11. The summed E-state index contributed by atoms with van der Waals surface area (Å²) >= 11 is 0. The molecular formula is C22H34O5. The molecule has 0 aliphatic heterocycles. The summed E-state index contributed by atoms with van der Waals surface area (Å²) in [6, 6.07) is 0. The smallest absolute Gasteiger partial charge is 0.303 e. The first-order valence-electron chi connectivity index (χ1n) is 9.85. The van der Waals surface area contributed by atoms with Crippen molar-refractivity contribution in [3.63, 3.8) is 0 Å². The predicted molar refractivity (Wildman–Crippen MR) is 107 cm³/mol. The highest BCUT2D eigenvalue weighted by Crippen LogP contribution is 2.36. The first-order chi connectivity index (χ1) is 13.0. The molecule has 0 saturated heterocycles. The Morgan fingerprint density at radius 2 is 1.67 bits per heavy atom. The fourth-order valence-corrected chi connectivity index (χ4v) is 3.29. The Balaban J connectivity index is 2.47. The average Bonchev–Trinajstić information content (AvgIpc) is 2.89. The molecule has 0 aromatic carbocycles. The molecule has 5 nitrogen and oxygen atoms in total. The Kier molecular flexibility index (Phi) is 11.7. The van der Waals surface area contributed by atoms with E-state index in [0.717, 1.165) is 19.3 Å². The second-order valence-corrected chi connectivity index (χ2v) is 7.03. The molecule has 0 unspecified atom stereocenters. The molecule has 5 atom stereocenters. The van der Waals surface area contributed by atoms with Crippen LogP contribution in [0.3, 0.4) is 0 Å². The minimum atomic E-state index is -0.947. The first-order valence-corrected chi connectivity index (χ1v) is 9.85. The van der Waals surface area contributed by atoms with Crippen LogP contribution in [0.25, 0.3) is 0 Å². The molecule has 4 N–H and O–H groups in total. The second-order valence-electron chi connectivity index (χ2n) is 7.03. The second kappa shape index (κ2) is 13.5. The molecule has 27 heavy (non-hydrogen) atoms. The molecule has 0 spiro atoms. The van der Waals surface area contributed by atoms with Gasteiger partial charge in [-0.3, -0.25) is 4.79 Å². The Morgan fingerprint density at radius 3 is 2.30 bits per heavy atom. The van der Waals surface area contributed by atoms with E-state index in [9.17, 15) is 20.1 Å². The van der Waals surface area contributed by atoms with Crippen molar-refractivity contribution in [3.05, 3.63) is 48.6 Å². The van der Waals surface area contributed by atoms with Crippen molar-refractivity contribution in [1.82, 2.24) is 0 Å². The van der Waals surface area contributed by atoms with E-state index < -0.39 is 24.3 Å². The van der Waals surface area contributed by atoms with Crippen LogP contribution in [-0.2, 0) is 4.79 Å². The van der Waals surface area contributed by atoms with Crippen LogP contribution in [-0.4, -0.2) is 44.7 Å². The zero-order valence-corrected chi connectivity index (χ0v) is 16.2. The number of aliphatic hydroxyl groups excluding tert-OH is 3. The molecule has 152 valence electrons. The summed E-state index contributed by atoms with van der Waals surface area (Å²) in [4.78, 5) is 10.5. The van der Waals surface area contributed by atoms with Crippen LogP contribution in [0.15, 0.2) is 48.6 Å².